The molecule has 4 rings (SSSR count). The number of nitrogens with one attached hydrogen (secondary N) is 4. The Balaban J connectivity index is 1.48. The minimum atomic E-state index is 0.0339. The van der Waals surface area contributed by atoms with E-state index < -0.39 is 0 Å². The van der Waals surface area contributed by atoms with E-state index in [1.165, 1.54) is 0 Å². The fourth-order valence-corrected chi connectivity index (χ4v) is 3.94. The van der Waals surface area contributed by atoms with Gasteiger partial charge in [-0.05, 0) is 37.3 Å². The van der Waals surface area contributed by atoms with E-state index in [0.717, 1.165) is 55.0 Å². The number of nitrogens with zero attached hydrogens (tertiary/aromatic N) is 1. The minimum Gasteiger partial charge on any atom is -0.493 e. The Morgan fingerprint density at radius 1 is 1.12 bits per heavy atom. The Morgan fingerprint density at radius 2 is 1.94 bits per heavy atom. The summed E-state index contributed by atoms with van der Waals surface area (Å²) in [5.41, 5.74) is 3.47. The monoisotopic (exact) mass is 437 g/mol. The summed E-state index contributed by atoms with van der Waals surface area (Å²) in [6.45, 7) is 7.54. The van der Waals surface area contributed by atoms with Gasteiger partial charge in [0.1, 0.15) is 12.4 Å². The molecule has 0 amide bonds. The fraction of sp³-hybridized carbons (Fsp3) is 0.375. The summed E-state index contributed by atoms with van der Waals surface area (Å²) in [6, 6.07) is 11.4. The van der Waals surface area contributed by atoms with Gasteiger partial charge in [0.05, 0.1) is 18.4 Å². The van der Waals surface area contributed by atoms with Crippen molar-refractivity contribution < 1.29 is 14.2 Å². The van der Waals surface area contributed by atoms with E-state index in [1.54, 1.807) is 13.2 Å². The molecule has 2 aromatic carbocycles. The standard InChI is InChI=1S/C24H31N5O3/c1-16-12-17-13-18(4-5-20(17)28-16)32-24(25)19-14-22(30-3)23(15-21(19)26-2)31-11-10-29-8-6-27-7-9-29/h4-5,12-15,25-28H,6-11H2,1-3H3. The maximum Gasteiger partial charge on any atom is 0.221 e. The van der Waals surface area contributed by atoms with Crippen LogP contribution in [0.4, 0.5) is 5.69 Å². The summed E-state index contributed by atoms with van der Waals surface area (Å²) in [5.74, 6) is 1.86. The van der Waals surface area contributed by atoms with Gasteiger partial charge < -0.3 is 29.8 Å². The van der Waals surface area contributed by atoms with E-state index in [0.29, 0.717) is 29.4 Å². The minimum absolute atomic E-state index is 0.0339. The Labute approximate surface area is 188 Å². The first kappa shape index (κ1) is 22.0. The number of aromatic nitrogens is 1. The molecule has 2 heterocycles. The first-order valence-electron chi connectivity index (χ1n) is 10.9. The normalized spacial score (nSPS) is 14.3. The van der Waals surface area contributed by atoms with Gasteiger partial charge in [-0.15, -0.1) is 0 Å². The van der Waals surface area contributed by atoms with Crippen molar-refractivity contribution in [2.24, 2.45) is 0 Å². The van der Waals surface area contributed by atoms with Gasteiger partial charge in [-0.3, -0.25) is 10.3 Å². The van der Waals surface area contributed by atoms with Crippen LogP contribution in [0.1, 0.15) is 11.3 Å². The summed E-state index contributed by atoms with van der Waals surface area (Å²) in [6.07, 6.45) is 0. The van der Waals surface area contributed by atoms with Crippen molar-refractivity contribution in [1.29, 1.82) is 5.41 Å². The zero-order valence-electron chi connectivity index (χ0n) is 18.9. The summed E-state index contributed by atoms with van der Waals surface area (Å²) in [7, 11) is 3.42. The fourth-order valence-electron chi connectivity index (χ4n) is 3.94. The smallest absolute Gasteiger partial charge is 0.221 e. The quantitative estimate of drug-likeness (QED) is 0.319. The van der Waals surface area contributed by atoms with E-state index in [1.807, 2.05) is 38.2 Å². The molecule has 0 radical (unpaired) electrons. The summed E-state index contributed by atoms with van der Waals surface area (Å²) in [4.78, 5) is 5.67. The van der Waals surface area contributed by atoms with E-state index in [-0.39, 0.29) is 5.90 Å². The molecule has 1 saturated heterocycles. The Bertz CT molecular complexity index is 1090. The molecule has 1 aromatic heterocycles. The number of methoxy groups -OCH3 is 1. The summed E-state index contributed by atoms with van der Waals surface area (Å²) >= 11 is 0. The molecule has 1 aliphatic rings. The molecule has 4 N–H and O–H groups in total. The highest BCUT2D eigenvalue weighted by molar-refractivity contribution is 6.00. The van der Waals surface area contributed by atoms with Gasteiger partial charge in [0.15, 0.2) is 11.5 Å². The number of ether oxygens (including phenoxy) is 3. The Kier molecular flexibility index (Phi) is 6.82. The lowest BCUT2D eigenvalue weighted by Gasteiger charge is -2.27. The number of piperazine rings is 1. The van der Waals surface area contributed by atoms with Crippen LogP contribution in [0.25, 0.3) is 10.9 Å². The lowest BCUT2D eigenvalue weighted by molar-refractivity contribution is 0.188. The summed E-state index contributed by atoms with van der Waals surface area (Å²) in [5, 5.41) is 16.1. The molecule has 8 nitrogen and oxygen atoms in total. The Hall–Kier alpha value is -3.23. The number of rotatable bonds is 8. The first-order valence-corrected chi connectivity index (χ1v) is 10.9. The predicted octanol–water partition coefficient (Wildman–Crippen LogP) is 3.21. The molecule has 0 bridgehead atoms. The van der Waals surface area contributed by atoms with Crippen LogP contribution in [0.15, 0.2) is 36.4 Å². The highest BCUT2D eigenvalue weighted by atomic mass is 16.5. The van der Waals surface area contributed by atoms with Crippen molar-refractivity contribution >= 4 is 22.5 Å². The maximum atomic E-state index is 8.56. The van der Waals surface area contributed by atoms with Crippen molar-refractivity contribution in [3.63, 3.8) is 0 Å². The van der Waals surface area contributed by atoms with Crippen molar-refractivity contribution in [2.45, 2.75) is 6.92 Å². The van der Waals surface area contributed by atoms with Crippen LogP contribution in [0.5, 0.6) is 17.2 Å². The van der Waals surface area contributed by atoms with Crippen LogP contribution in [0, 0.1) is 12.3 Å². The highest BCUT2D eigenvalue weighted by Gasteiger charge is 2.17. The lowest BCUT2D eigenvalue weighted by Crippen LogP contribution is -2.44. The molecule has 8 heteroatoms. The summed E-state index contributed by atoms with van der Waals surface area (Å²) < 4.78 is 17.5. The molecular formula is C24H31N5O3. The third-order valence-electron chi connectivity index (χ3n) is 5.64. The Morgan fingerprint density at radius 3 is 2.69 bits per heavy atom. The van der Waals surface area contributed by atoms with E-state index in [2.05, 4.69) is 26.6 Å². The average molecular weight is 438 g/mol. The van der Waals surface area contributed by atoms with E-state index in [9.17, 15) is 0 Å². The number of aromatic amines is 1. The maximum absolute atomic E-state index is 8.56. The van der Waals surface area contributed by atoms with Gasteiger partial charge in [0, 0.05) is 62.4 Å². The second kappa shape index (κ2) is 9.93. The number of anilines is 1. The van der Waals surface area contributed by atoms with Crippen LogP contribution >= 0.6 is 0 Å². The molecule has 0 atom stereocenters. The first-order chi connectivity index (χ1) is 15.6. The van der Waals surface area contributed by atoms with Crippen LogP contribution in [-0.4, -0.2) is 69.3 Å². The van der Waals surface area contributed by atoms with Gasteiger partial charge in [0.2, 0.25) is 5.90 Å². The van der Waals surface area contributed by atoms with Gasteiger partial charge in [-0.1, -0.05) is 0 Å². The molecule has 1 aliphatic heterocycles. The van der Waals surface area contributed by atoms with Gasteiger partial charge in [0.25, 0.3) is 0 Å². The van der Waals surface area contributed by atoms with Gasteiger partial charge in [-0.2, -0.15) is 0 Å². The predicted molar refractivity (Wildman–Crippen MR) is 128 cm³/mol. The SMILES string of the molecule is CNc1cc(OCCN2CCNCC2)c(OC)cc1C(=N)Oc1ccc2[nH]c(C)cc2c1. The van der Waals surface area contributed by atoms with Crippen molar-refractivity contribution in [3.05, 3.63) is 47.7 Å². The van der Waals surface area contributed by atoms with E-state index in [4.69, 9.17) is 19.6 Å². The number of hydrogen-bond donors (Lipinski definition) is 4. The lowest BCUT2D eigenvalue weighted by atomic mass is 10.1. The second-order valence-electron chi connectivity index (χ2n) is 7.87. The molecule has 1 fully saturated rings. The van der Waals surface area contributed by atoms with Crippen molar-refractivity contribution in [2.75, 3.05) is 58.8 Å². The zero-order chi connectivity index (χ0) is 22.5. The number of aryl methyl sites for hydroxylation is 1. The number of hydrogen-bond acceptors (Lipinski definition) is 7. The molecule has 170 valence electrons. The topological polar surface area (TPSA) is 94.6 Å². The largest absolute Gasteiger partial charge is 0.493 e. The van der Waals surface area contributed by atoms with Crippen LogP contribution < -0.4 is 24.8 Å². The number of benzene rings is 2. The molecule has 32 heavy (non-hydrogen) atoms. The van der Waals surface area contributed by atoms with Crippen LogP contribution in [-0.2, 0) is 0 Å². The van der Waals surface area contributed by atoms with Gasteiger partial charge >= 0.3 is 0 Å². The molecule has 0 spiro atoms. The average Bonchev–Trinajstić information content (AvgIpc) is 3.18. The molecule has 0 aliphatic carbocycles. The number of H-pyrrole nitrogens is 1. The molecule has 3 aromatic rings. The van der Waals surface area contributed by atoms with Crippen LogP contribution in [0.3, 0.4) is 0 Å². The third-order valence-corrected chi connectivity index (χ3v) is 5.64. The van der Waals surface area contributed by atoms with Crippen molar-refractivity contribution in [1.82, 2.24) is 15.2 Å². The van der Waals surface area contributed by atoms with Crippen molar-refractivity contribution in [3.8, 4) is 17.2 Å². The molecular weight excluding hydrogens is 406 g/mol. The zero-order valence-corrected chi connectivity index (χ0v) is 18.9. The van der Waals surface area contributed by atoms with E-state index >= 15 is 0 Å². The highest BCUT2D eigenvalue weighted by Crippen LogP contribution is 2.34. The van der Waals surface area contributed by atoms with Crippen LogP contribution in [0.2, 0.25) is 0 Å². The van der Waals surface area contributed by atoms with Gasteiger partial charge in [-0.25, -0.2) is 0 Å². The third kappa shape index (κ3) is 4.98. The molecule has 0 saturated carbocycles. The second-order valence-corrected chi connectivity index (χ2v) is 7.87. The number of fused-ring (bicyclic) bond motifs is 1. The molecule has 0 unspecified atom stereocenters.